The Labute approximate surface area is 152 Å². The Kier molecular flexibility index (Phi) is 5.16. The number of hydrogen-bond acceptors (Lipinski definition) is 2. The molecule has 1 amide bonds. The van der Waals surface area contributed by atoms with Gasteiger partial charge in [-0.2, -0.15) is 5.10 Å². The van der Waals surface area contributed by atoms with Crippen LogP contribution in [0.4, 0.5) is 0 Å². The Morgan fingerprint density at radius 2 is 1.75 bits per heavy atom. The molecule has 0 atom stereocenters. The molecule has 0 unspecified atom stereocenters. The van der Waals surface area contributed by atoms with Crippen LogP contribution in [0, 0.1) is 19.8 Å². The zero-order chi connectivity index (χ0) is 17.3. The van der Waals surface area contributed by atoms with Gasteiger partial charge in [0, 0.05) is 40.9 Å². The first-order valence-electron chi connectivity index (χ1n) is 8.19. The lowest BCUT2D eigenvalue weighted by molar-refractivity contribution is 0.0681. The van der Waals surface area contributed by atoms with Crippen molar-refractivity contribution in [2.75, 3.05) is 13.1 Å². The van der Waals surface area contributed by atoms with Crippen molar-refractivity contribution in [1.29, 1.82) is 0 Å². The predicted octanol–water partition coefficient (Wildman–Crippen LogP) is 4.36. The number of aryl methyl sites for hydroxylation is 2. The summed E-state index contributed by atoms with van der Waals surface area (Å²) in [4.78, 5) is 14.5. The van der Waals surface area contributed by atoms with Crippen LogP contribution < -0.4 is 0 Å². The van der Waals surface area contributed by atoms with E-state index in [9.17, 15) is 4.79 Å². The van der Waals surface area contributed by atoms with Crippen LogP contribution in [0.15, 0.2) is 24.3 Å². The highest BCUT2D eigenvalue weighted by Gasteiger charge is 2.24. The van der Waals surface area contributed by atoms with Gasteiger partial charge < -0.3 is 4.90 Å². The van der Waals surface area contributed by atoms with E-state index in [2.05, 4.69) is 22.8 Å². The fourth-order valence-electron chi connectivity index (χ4n) is 3.28. The minimum absolute atomic E-state index is 0.00367. The van der Waals surface area contributed by atoms with E-state index in [1.807, 2.05) is 11.8 Å². The Bertz CT molecular complexity index is 728. The maximum Gasteiger partial charge on any atom is 0.253 e. The van der Waals surface area contributed by atoms with Crippen molar-refractivity contribution < 1.29 is 4.79 Å². The first kappa shape index (κ1) is 17.3. The third-order valence-corrected chi connectivity index (χ3v) is 4.98. The molecule has 2 aromatic rings. The Morgan fingerprint density at radius 3 is 2.29 bits per heavy atom. The first-order valence-corrected chi connectivity index (χ1v) is 8.94. The molecule has 1 aromatic heterocycles. The van der Waals surface area contributed by atoms with Gasteiger partial charge in [0.25, 0.3) is 5.91 Å². The quantitative estimate of drug-likeness (QED) is 0.810. The largest absolute Gasteiger partial charge is 0.339 e. The lowest BCUT2D eigenvalue weighted by Gasteiger charge is -2.32. The third-order valence-electron chi connectivity index (χ3n) is 4.55. The van der Waals surface area contributed by atoms with E-state index in [0.717, 1.165) is 38.2 Å². The number of carbonyl (C=O) groups excluding carboxylic acids is 1. The van der Waals surface area contributed by atoms with Gasteiger partial charge in [-0.15, -0.1) is 0 Å². The van der Waals surface area contributed by atoms with Gasteiger partial charge in [0.15, 0.2) is 0 Å². The van der Waals surface area contributed by atoms with E-state index in [4.69, 9.17) is 23.2 Å². The number of halogens is 2. The lowest BCUT2D eigenvalue weighted by Crippen LogP contribution is -2.39. The summed E-state index contributed by atoms with van der Waals surface area (Å²) in [5, 5.41) is 5.51. The number of piperidine rings is 1. The molecule has 1 aliphatic heterocycles. The van der Waals surface area contributed by atoms with Crippen LogP contribution in [0.2, 0.25) is 10.0 Å². The molecular weight excluding hydrogens is 345 g/mol. The van der Waals surface area contributed by atoms with Gasteiger partial charge in [-0.1, -0.05) is 23.2 Å². The molecule has 1 aromatic carbocycles. The standard InChI is InChI=1S/C18H21Cl2N3O/c1-12-7-13(2)23(21-12)11-14-3-5-22(6-4-14)18(24)15-8-16(19)10-17(20)9-15/h7-10,14H,3-6,11H2,1-2H3. The summed E-state index contributed by atoms with van der Waals surface area (Å²) in [5.74, 6) is 0.555. The normalized spacial score (nSPS) is 15.8. The Hall–Kier alpha value is -1.52. The maximum atomic E-state index is 12.6. The van der Waals surface area contributed by atoms with E-state index in [1.165, 1.54) is 5.69 Å². The van der Waals surface area contributed by atoms with Crippen molar-refractivity contribution in [1.82, 2.24) is 14.7 Å². The molecule has 1 aliphatic rings. The third kappa shape index (κ3) is 3.93. The van der Waals surface area contributed by atoms with Crippen LogP contribution >= 0.6 is 23.2 Å². The summed E-state index contributed by atoms with van der Waals surface area (Å²) in [7, 11) is 0. The second-order valence-electron chi connectivity index (χ2n) is 6.50. The minimum atomic E-state index is 0.00367. The molecule has 1 fully saturated rings. The second-order valence-corrected chi connectivity index (χ2v) is 7.38. The van der Waals surface area contributed by atoms with Gasteiger partial charge >= 0.3 is 0 Å². The number of nitrogens with zero attached hydrogens (tertiary/aromatic N) is 3. The highest BCUT2D eigenvalue weighted by Crippen LogP contribution is 2.24. The molecule has 0 spiro atoms. The number of amides is 1. The van der Waals surface area contributed by atoms with Crippen molar-refractivity contribution in [2.24, 2.45) is 5.92 Å². The maximum absolute atomic E-state index is 12.6. The number of carbonyl (C=O) groups is 1. The zero-order valence-electron chi connectivity index (χ0n) is 13.9. The Balaban J connectivity index is 1.60. The molecule has 3 rings (SSSR count). The molecule has 0 bridgehead atoms. The average molecular weight is 366 g/mol. The number of benzene rings is 1. The van der Waals surface area contributed by atoms with Gasteiger partial charge in [0.05, 0.1) is 5.69 Å². The van der Waals surface area contributed by atoms with Gasteiger partial charge in [-0.3, -0.25) is 9.48 Å². The molecule has 6 heteroatoms. The van der Waals surface area contributed by atoms with Crippen LogP contribution in [0.25, 0.3) is 0 Å². The summed E-state index contributed by atoms with van der Waals surface area (Å²) in [6.07, 6.45) is 1.97. The van der Waals surface area contributed by atoms with E-state index in [0.29, 0.717) is 21.5 Å². The number of likely N-dealkylation sites (tertiary alicyclic amines) is 1. The molecule has 0 saturated carbocycles. The molecule has 24 heavy (non-hydrogen) atoms. The SMILES string of the molecule is Cc1cc(C)n(CC2CCN(C(=O)c3cc(Cl)cc(Cl)c3)CC2)n1. The van der Waals surface area contributed by atoms with E-state index >= 15 is 0 Å². The van der Waals surface area contributed by atoms with E-state index in [-0.39, 0.29) is 5.91 Å². The highest BCUT2D eigenvalue weighted by atomic mass is 35.5. The number of hydrogen-bond donors (Lipinski definition) is 0. The fourth-order valence-corrected chi connectivity index (χ4v) is 3.81. The molecule has 0 radical (unpaired) electrons. The lowest BCUT2D eigenvalue weighted by atomic mass is 9.96. The molecule has 0 aliphatic carbocycles. The van der Waals surface area contributed by atoms with Crippen molar-refractivity contribution >= 4 is 29.1 Å². The summed E-state index contributed by atoms with van der Waals surface area (Å²) in [6.45, 7) is 6.53. The van der Waals surface area contributed by atoms with Gasteiger partial charge in [-0.25, -0.2) is 0 Å². The summed E-state index contributed by atoms with van der Waals surface area (Å²) in [5.41, 5.74) is 2.81. The first-order chi connectivity index (χ1) is 11.4. The van der Waals surface area contributed by atoms with E-state index in [1.54, 1.807) is 18.2 Å². The van der Waals surface area contributed by atoms with Crippen LogP contribution in [0.1, 0.15) is 34.6 Å². The van der Waals surface area contributed by atoms with Gasteiger partial charge in [-0.05, 0) is 56.9 Å². The van der Waals surface area contributed by atoms with Crippen LogP contribution in [0.5, 0.6) is 0 Å². The topological polar surface area (TPSA) is 38.1 Å². The van der Waals surface area contributed by atoms with Gasteiger partial charge in [0.2, 0.25) is 0 Å². The van der Waals surface area contributed by atoms with Crippen LogP contribution in [-0.2, 0) is 6.54 Å². The summed E-state index contributed by atoms with van der Waals surface area (Å²) >= 11 is 12.0. The molecule has 4 nitrogen and oxygen atoms in total. The van der Waals surface area contributed by atoms with Crippen molar-refractivity contribution in [3.05, 3.63) is 51.3 Å². The molecule has 0 N–H and O–H groups in total. The average Bonchev–Trinajstić information content (AvgIpc) is 2.84. The second kappa shape index (κ2) is 7.16. The van der Waals surface area contributed by atoms with Gasteiger partial charge in [0.1, 0.15) is 0 Å². The Morgan fingerprint density at radius 1 is 1.12 bits per heavy atom. The summed E-state index contributed by atoms with van der Waals surface area (Å²) < 4.78 is 2.08. The highest BCUT2D eigenvalue weighted by molar-refractivity contribution is 6.35. The zero-order valence-corrected chi connectivity index (χ0v) is 15.4. The summed E-state index contributed by atoms with van der Waals surface area (Å²) in [6, 6.07) is 7.09. The predicted molar refractivity (Wildman–Crippen MR) is 96.8 cm³/mol. The molecular formula is C18H21Cl2N3O. The van der Waals surface area contributed by atoms with Crippen molar-refractivity contribution in [3.8, 4) is 0 Å². The monoisotopic (exact) mass is 365 g/mol. The fraction of sp³-hybridized carbons (Fsp3) is 0.444. The number of rotatable bonds is 3. The molecule has 2 heterocycles. The van der Waals surface area contributed by atoms with Crippen LogP contribution in [-0.4, -0.2) is 33.7 Å². The van der Waals surface area contributed by atoms with E-state index < -0.39 is 0 Å². The number of aromatic nitrogens is 2. The van der Waals surface area contributed by atoms with Crippen molar-refractivity contribution in [3.63, 3.8) is 0 Å². The molecule has 128 valence electrons. The van der Waals surface area contributed by atoms with Crippen LogP contribution in [0.3, 0.4) is 0 Å². The smallest absolute Gasteiger partial charge is 0.253 e. The minimum Gasteiger partial charge on any atom is -0.339 e. The van der Waals surface area contributed by atoms with Crippen molar-refractivity contribution in [2.45, 2.75) is 33.2 Å². The molecule has 1 saturated heterocycles.